The van der Waals surface area contributed by atoms with Crippen LogP contribution in [0.1, 0.15) is 86.5 Å². The summed E-state index contributed by atoms with van der Waals surface area (Å²) in [6, 6.07) is -0.750. The lowest BCUT2D eigenvalue weighted by Crippen LogP contribution is -2.66. The van der Waals surface area contributed by atoms with E-state index in [-0.39, 0.29) is 31.6 Å². The number of allylic oxidation sites excluding steroid dienone is 2. The molecule has 0 aromatic carbocycles. The number of hydrogen-bond acceptors (Lipinski definition) is 15. The molecule has 0 spiro atoms. The highest BCUT2D eigenvalue weighted by Gasteiger charge is 2.52. The third-order valence-electron chi connectivity index (χ3n) is 10.5. The molecule has 15 heteroatoms. The molecule has 3 aliphatic heterocycles. The Morgan fingerprint density at radius 1 is 1.04 bits per heavy atom. The van der Waals surface area contributed by atoms with Gasteiger partial charge in [0.1, 0.15) is 36.3 Å². The van der Waals surface area contributed by atoms with Crippen molar-refractivity contribution in [1.82, 2.24) is 4.90 Å². The molecule has 3 aliphatic rings. The second kappa shape index (κ2) is 21.3. The molecule has 0 aromatic rings. The normalized spacial score (nSPS) is 41.7. The van der Waals surface area contributed by atoms with Gasteiger partial charge < -0.3 is 63.3 Å². The summed E-state index contributed by atoms with van der Waals surface area (Å²) in [5.41, 5.74) is -1.47. The number of hydrogen-bond donors (Lipinski definition) is 4. The summed E-state index contributed by atoms with van der Waals surface area (Å²) in [7, 11) is 4.86. The van der Waals surface area contributed by atoms with Gasteiger partial charge in [0.15, 0.2) is 18.7 Å². The number of aliphatic hydroxyl groups excluding tert-OH is 3. The van der Waals surface area contributed by atoms with Gasteiger partial charge >= 0.3 is 11.9 Å². The lowest BCUT2D eigenvalue weighted by atomic mass is 9.82. The molecule has 54 heavy (non-hydrogen) atoms. The number of methoxy groups -OCH3 is 1. The average molecular weight is 772 g/mol. The third-order valence-corrected chi connectivity index (χ3v) is 10.5. The van der Waals surface area contributed by atoms with E-state index < -0.39 is 110 Å². The lowest BCUT2D eigenvalue weighted by molar-refractivity contribution is -0.344. The largest absolute Gasteiger partial charge is 0.462 e. The van der Waals surface area contributed by atoms with Crippen molar-refractivity contribution in [3.05, 3.63) is 24.3 Å². The zero-order chi connectivity index (χ0) is 40.3. The van der Waals surface area contributed by atoms with Gasteiger partial charge in [-0.25, -0.2) is 0 Å². The van der Waals surface area contributed by atoms with E-state index in [1.54, 1.807) is 64.9 Å². The Labute approximate surface area is 319 Å². The number of aldehydes is 1. The van der Waals surface area contributed by atoms with Gasteiger partial charge in [0.2, 0.25) is 0 Å². The molecule has 0 unspecified atom stereocenters. The third kappa shape index (κ3) is 12.6. The topological polar surface area (TPSA) is 200 Å². The minimum Gasteiger partial charge on any atom is -0.462 e. The van der Waals surface area contributed by atoms with Crippen LogP contribution in [0.15, 0.2) is 24.3 Å². The SMILES string of the molecule is CCCC(=O)O[C@H]1[C@H](C)O[C@@H](O[C@H]2[C@H](N(C)C)[C@@H](O)[C@H](O[C@H]3[C@@H](CC=O)C[C@@H](C)[C@@H](O)C=CC=CC[C@@H](C)OC(=O)C[C@@H](O)[C@@H]3OC)O[C@@H]2C)C[C@@]1(C)O. The number of carbonyl (C=O) groups excluding carboxylic acids is 3. The summed E-state index contributed by atoms with van der Waals surface area (Å²) >= 11 is 0. The number of likely N-dealkylation sites (N-methyl/N-ethyl adjacent to an activating group) is 1. The number of ether oxygens (including phenoxy) is 7. The molecule has 0 radical (unpaired) electrons. The molecule has 3 rings (SSSR count). The first-order valence-electron chi connectivity index (χ1n) is 19.2. The highest BCUT2D eigenvalue weighted by molar-refractivity contribution is 5.70. The Kier molecular flexibility index (Phi) is 18.2. The van der Waals surface area contributed by atoms with Crippen LogP contribution in [0.3, 0.4) is 0 Å². The standard InChI is InChI=1S/C39H65NO14/c1-10-14-29(44)52-37-25(5)50-31(21-39(37,6)47)53-34-24(4)51-38(33(46)32(34)40(7)8)54-35-26(17-18-41)19-22(2)27(42)16-13-11-12-15-23(3)49-30(45)20-28(43)36(35)48-9/h11-13,16,18,22-28,31-38,42-43,46-47H,10,14-15,17,19-21H2,1-9H3/t22-,23-,24-,25+,26+,27+,28-,31+,32-,33-,34-,35+,36+,37+,38+,39-/m1/s1. The Bertz CT molecular complexity index is 1240. The van der Waals surface area contributed by atoms with Crippen molar-refractivity contribution in [1.29, 1.82) is 0 Å². The first-order valence-corrected chi connectivity index (χ1v) is 19.2. The lowest BCUT2D eigenvalue weighted by Gasteiger charge is -2.50. The summed E-state index contributed by atoms with van der Waals surface area (Å²) in [4.78, 5) is 39.0. The highest BCUT2D eigenvalue weighted by atomic mass is 16.7. The fraction of sp³-hybridized carbons (Fsp3) is 0.821. The Morgan fingerprint density at radius 3 is 2.35 bits per heavy atom. The van der Waals surface area contributed by atoms with Gasteiger partial charge in [-0.1, -0.05) is 38.2 Å². The first-order chi connectivity index (χ1) is 25.4. The minimum absolute atomic E-state index is 0.0274. The van der Waals surface area contributed by atoms with Crippen LogP contribution in [0.2, 0.25) is 0 Å². The molecular weight excluding hydrogens is 706 g/mol. The minimum atomic E-state index is -1.47. The zero-order valence-electron chi connectivity index (χ0n) is 33.3. The Balaban J connectivity index is 1.91. The molecule has 0 amide bonds. The maximum atomic E-state index is 12.9. The van der Waals surface area contributed by atoms with Crippen LogP contribution < -0.4 is 0 Å². The van der Waals surface area contributed by atoms with Crippen molar-refractivity contribution in [3.63, 3.8) is 0 Å². The number of nitrogens with zero attached hydrogens (tertiary/aromatic N) is 1. The van der Waals surface area contributed by atoms with Crippen LogP contribution in [0.5, 0.6) is 0 Å². The van der Waals surface area contributed by atoms with Gasteiger partial charge in [-0.05, 0) is 66.5 Å². The maximum absolute atomic E-state index is 12.9. The fourth-order valence-corrected chi connectivity index (χ4v) is 7.66. The molecule has 15 nitrogen and oxygen atoms in total. The molecule has 0 saturated carbocycles. The van der Waals surface area contributed by atoms with Gasteiger partial charge in [-0.15, -0.1) is 0 Å². The predicted octanol–water partition coefficient (Wildman–Crippen LogP) is 2.20. The number of rotatable bonds is 11. The Morgan fingerprint density at radius 2 is 1.74 bits per heavy atom. The van der Waals surface area contributed by atoms with Gasteiger partial charge in [0, 0.05) is 32.8 Å². The molecule has 16 atom stereocenters. The average Bonchev–Trinajstić information content (AvgIpc) is 3.07. The second-order valence-corrected chi connectivity index (χ2v) is 15.5. The van der Waals surface area contributed by atoms with Crippen molar-refractivity contribution in [2.75, 3.05) is 21.2 Å². The summed E-state index contributed by atoms with van der Waals surface area (Å²) in [5.74, 6) is -2.11. The molecule has 0 bridgehead atoms. The number of cyclic esters (lactones) is 1. The van der Waals surface area contributed by atoms with Gasteiger partial charge in [0.25, 0.3) is 0 Å². The van der Waals surface area contributed by atoms with E-state index in [2.05, 4.69) is 0 Å². The molecule has 310 valence electrons. The molecule has 2 fully saturated rings. The Hall–Kier alpha value is -2.31. The van der Waals surface area contributed by atoms with E-state index in [0.29, 0.717) is 12.8 Å². The molecule has 0 aliphatic carbocycles. The number of carbonyl (C=O) groups is 3. The number of aliphatic hydroxyl groups is 4. The first kappa shape index (κ1) is 46.1. The van der Waals surface area contributed by atoms with E-state index in [1.807, 2.05) is 19.9 Å². The van der Waals surface area contributed by atoms with Crippen molar-refractivity contribution in [3.8, 4) is 0 Å². The van der Waals surface area contributed by atoms with Crippen molar-refractivity contribution in [2.24, 2.45) is 11.8 Å². The molecule has 4 N–H and O–H groups in total. The van der Waals surface area contributed by atoms with Crippen LogP contribution in [-0.2, 0) is 47.5 Å². The zero-order valence-corrected chi connectivity index (χ0v) is 33.3. The summed E-state index contributed by atoms with van der Waals surface area (Å²) in [6.07, 6.45) is -3.26. The van der Waals surface area contributed by atoms with Crippen LogP contribution in [0.4, 0.5) is 0 Å². The van der Waals surface area contributed by atoms with E-state index in [9.17, 15) is 34.8 Å². The van der Waals surface area contributed by atoms with E-state index >= 15 is 0 Å². The monoisotopic (exact) mass is 771 g/mol. The summed E-state index contributed by atoms with van der Waals surface area (Å²) < 4.78 is 42.2. The van der Waals surface area contributed by atoms with Crippen LogP contribution in [0, 0.1) is 11.8 Å². The van der Waals surface area contributed by atoms with E-state index in [1.165, 1.54) is 7.11 Å². The second-order valence-electron chi connectivity index (χ2n) is 15.5. The van der Waals surface area contributed by atoms with Crippen molar-refractivity contribution in [2.45, 2.75) is 172 Å². The van der Waals surface area contributed by atoms with E-state index in [4.69, 9.17) is 33.2 Å². The smallest absolute Gasteiger partial charge is 0.308 e. The molecular formula is C39H65NO14. The maximum Gasteiger partial charge on any atom is 0.308 e. The fourth-order valence-electron chi connectivity index (χ4n) is 7.66. The van der Waals surface area contributed by atoms with Gasteiger partial charge in [0.05, 0.1) is 43.0 Å². The van der Waals surface area contributed by atoms with Crippen LogP contribution in [0.25, 0.3) is 0 Å². The van der Waals surface area contributed by atoms with E-state index in [0.717, 1.165) is 6.29 Å². The van der Waals surface area contributed by atoms with Crippen molar-refractivity contribution >= 4 is 18.2 Å². The molecule has 0 aromatic heterocycles. The summed E-state index contributed by atoms with van der Waals surface area (Å²) in [6.45, 7) is 10.4. The molecule has 3 heterocycles. The molecule has 2 saturated heterocycles. The summed E-state index contributed by atoms with van der Waals surface area (Å²) in [5, 5.41) is 45.7. The van der Waals surface area contributed by atoms with Crippen LogP contribution >= 0.6 is 0 Å². The van der Waals surface area contributed by atoms with Gasteiger partial charge in [-0.3, -0.25) is 9.59 Å². The predicted molar refractivity (Wildman–Crippen MR) is 196 cm³/mol. The highest BCUT2D eigenvalue weighted by Crippen LogP contribution is 2.37. The van der Waals surface area contributed by atoms with Crippen LogP contribution in [-0.4, -0.2) is 150 Å². The van der Waals surface area contributed by atoms with Gasteiger partial charge in [-0.2, -0.15) is 0 Å². The van der Waals surface area contributed by atoms with Crippen molar-refractivity contribution < 1.29 is 68.0 Å². The number of esters is 2. The quantitative estimate of drug-likeness (QED) is 0.176.